The van der Waals surface area contributed by atoms with Crippen molar-refractivity contribution < 1.29 is 8.78 Å². The van der Waals surface area contributed by atoms with Crippen molar-refractivity contribution in [1.29, 1.82) is 0 Å². The molecule has 0 aliphatic rings. The van der Waals surface area contributed by atoms with E-state index in [1.165, 1.54) is 13.0 Å². The van der Waals surface area contributed by atoms with Crippen molar-refractivity contribution in [3.63, 3.8) is 0 Å². The van der Waals surface area contributed by atoms with Crippen LogP contribution in [-0.2, 0) is 6.42 Å². The van der Waals surface area contributed by atoms with Crippen LogP contribution in [0.15, 0.2) is 6.07 Å². The summed E-state index contributed by atoms with van der Waals surface area (Å²) in [6, 6.07) is 1.39. The zero-order valence-corrected chi connectivity index (χ0v) is 7.54. The molecule has 0 amide bonds. The van der Waals surface area contributed by atoms with Crippen molar-refractivity contribution in [2.45, 2.75) is 27.2 Å². The fraction of sp³-hybridized carbons (Fsp3) is 0.400. The van der Waals surface area contributed by atoms with Crippen LogP contribution in [0.3, 0.4) is 0 Å². The highest BCUT2D eigenvalue weighted by Crippen LogP contribution is 2.20. The second kappa shape index (κ2) is 3.21. The summed E-state index contributed by atoms with van der Waals surface area (Å²) < 4.78 is 26.2. The lowest BCUT2D eigenvalue weighted by Crippen LogP contribution is -1.98. The maximum atomic E-state index is 13.3. The molecule has 12 heavy (non-hydrogen) atoms. The van der Waals surface area contributed by atoms with Crippen molar-refractivity contribution in [2.75, 3.05) is 0 Å². The summed E-state index contributed by atoms with van der Waals surface area (Å²) in [6.45, 7) is 5.05. The van der Waals surface area contributed by atoms with Crippen molar-refractivity contribution in [1.82, 2.24) is 0 Å². The average molecular weight is 170 g/mol. The number of hydrogen-bond donors (Lipinski definition) is 0. The quantitative estimate of drug-likeness (QED) is 0.607. The maximum absolute atomic E-state index is 13.3. The van der Waals surface area contributed by atoms with Crippen LogP contribution in [0.25, 0.3) is 0 Å². The second-order valence-electron chi connectivity index (χ2n) is 2.95. The van der Waals surface area contributed by atoms with E-state index in [2.05, 4.69) is 0 Å². The largest absolute Gasteiger partial charge is 0.207 e. The lowest BCUT2D eigenvalue weighted by Gasteiger charge is -2.07. The summed E-state index contributed by atoms with van der Waals surface area (Å²) in [5.74, 6) is -0.850. The van der Waals surface area contributed by atoms with Gasteiger partial charge in [-0.3, -0.25) is 0 Å². The van der Waals surface area contributed by atoms with E-state index in [0.29, 0.717) is 17.5 Å². The molecule has 0 aliphatic carbocycles. The molecular formula is C10H12F2. The van der Waals surface area contributed by atoms with Crippen molar-refractivity contribution in [3.05, 3.63) is 34.4 Å². The first kappa shape index (κ1) is 9.17. The molecule has 0 unspecified atom stereocenters. The van der Waals surface area contributed by atoms with Gasteiger partial charge in [0.1, 0.15) is 11.6 Å². The Labute approximate surface area is 71.2 Å². The number of benzene rings is 1. The molecule has 1 aromatic rings. The number of halogens is 2. The standard InChI is InChI=1S/C10H12F2/c1-4-8-6(2)5-9(11)7(3)10(8)12/h5H,4H2,1-3H3. The van der Waals surface area contributed by atoms with Crippen LogP contribution in [-0.4, -0.2) is 0 Å². The van der Waals surface area contributed by atoms with Crippen LogP contribution in [0.4, 0.5) is 8.78 Å². The minimum Gasteiger partial charge on any atom is -0.207 e. The molecule has 1 rings (SSSR count). The number of rotatable bonds is 1. The third-order valence-electron chi connectivity index (χ3n) is 2.13. The minimum absolute atomic E-state index is 0.123. The van der Waals surface area contributed by atoms with Crippen molar-refractivity contribution in [2.24, 2.45) is 0 Å². The van der Waals surface area contributed by atoms with Gasteiger partial charge in [0.15, 0.2) is 0 Å². The van der Waals surface area contributed by atoms with Crippen LogP contribution in [0.1, 0.15) is 23.6 Å². The van der Waals surface area contributed by atoms with Crippen LogP contribution in [0, 0.1) is 25.5 Å². The molecule has 0 nitrogen and oxygen atoms in total. The molecule has 0 N–H and O–H groups in total. The fourth-order valence-corrected chi connectivity index (χ4v) is 1.32. The summed E-state index contributed by atoms with van der Waals surface area (Å²) in [7, 11) is 0. The van der Waals surface area contributed by atoms with E-state index < -0.39 is 11.6 Å². The molecule has 0 saturated carbocycles. The smallest absolute Gasteiger partial charge is 0.132 e. The molecule has 0 spiro atoms. The van der Waals surface area contributed by atoms with Gasteiger partial charge in [0.2, 0.25) is 0 Å². The molecule has 0 fully saturated rings. The molecule has 2 heteroatoms. The Morgan fingerprint density at radius 2 is 1.83 bits per heavy atom. The van der Waals surface area contributed by atoms with Gasteiger partial charge >= 0.3 is 0 Å². The molecule has 0 aromatic heterocycles. The first-order valence-electron chi connectivity index (χ1n) is 4.02. The third-order valence-corrected chi connectivity index (χ3v) is 2.13. The SMILES string of the molecule is CCc1c(C)cc(F)c(C)c1F. The Balaban J connectivity index is 3.40. The van der Waals surface area contributed by atoms with Gasteiger partial charge < -0.3 is 0 Å². The molecular weight excluding hydrogens is 158 g/mol. The predicted octanol–water partition coefficient (Wildman–Crippen LogP) is 3.14. The van der Waals surface area contributed by atoms with Crippen molar-refractivity contribution in [3.8, 4) is 0 Å². The normalized spacial score (nSPS) is 10.4. The van der Waals surface area contributed by atoms with E-state index in [9.17, 15) is 8.78 Å². The van der Waals surface area contributed by atoms with Gasteiger partial charge in [0.25, 0.3) is 0 Å². The maximum Gasteiger partial charge on any atom is 0.132 e. The Morgan fingerprint density at radius 3 is 2.33 bits per heavy atom. The summed E-state index contributed by atoms with van der Waals surface area (Å²) in [5.41, 5.74) is 1.43. The number of hydrogen-bond acceptors (Lipinski definition) is 0. The number of aryl methyl sites for hydroxylation is 1. The van der Waals surface area contributed by atoms with E-state index >= 15 is 0 Å². The Morgan fingerprint density at radius 1 is 1.25 bits per heavy atom. The van der Waals surface area contributed by atoms with Gasteiger partial charge in [-0.25, -0.2) is 8.78 Å². The van der Waals surface area contributed by atoms with E-state index in [1.807, 2.05) is 6.92 Å². The zero-order chi connectivity index (χ0) is 9.30. The Hall–Kier alpha value is -0.920. The molecule has 1 aromatic carbocycles. The first-order chi connectivity index (χ1) is 5.57. The van der Waals surface area contributed by atoms with E-state index in [0.717, 1.165) is 0 Å². The van der Waals surface area contributed by atoms with Crippen LogP contribution in [0.2, 0.25) is 0 Å². The molecule has 0 aliphatic heterocycles. The highest BCUT2D eigenvalue weighted by atomic mass is 19.1. The molecule has 0 heterocycles. The summed E-state index contributed by atoms with van der Waals surface area (Å²) in [6.07, 6.45) is 0.610. The van der Waals surface area contributed by atoms with Gasteiger partial charge in [0.05, 0.1) is 0 Å². The van der Waals surface area contributed by atoms with Crippen LogP contribution < -0.4 is 0 Å². The first-order valence-corrected chi connectivity index (χ1v) is 4.02. The second-order valence-corrected chi connectivity index (χ2v) is 2.95. The molecule has 66 valence electrons. The molecule has 0 atom stereocenters. The minimum atomic E-state index is -0.456. The summed E-state index contributed by atoms with van der Waals surface area (Å²) in [5, 5.41) is 0. The van der Waals surface area contributed by atoms with Gasteiger partial charge in [0, 0.05) is 5.56 Å². The van der Waals surface area contributed by atoms with Gasteiger partial charge in [-0.2, -0.15) is 0 Å². The van der Waals surface area contributed by atoms with Crippen molar-refractivity contribution >= 4 is 0 Å². The highest BCUT2D eigenvalue weighted by molar-refractivity contribution is 5.33. The summed E-state index contributed by atoms with van der Waals surface area (Å²) >= 11 is 0. The molecule has 0 saturated heterocycles. The van der Waals surface area contributed by atoms with Crippen LogP contribution in [0.5, 0.6) is 0 Å². The predicted molar refractivity (Wildman–Crippen MR) is 45.2 cm³/mol. The van der Waals surface area contributed by atoms with E-state index in [4.69, 9.17) is 0 Å². The van der Waals surface area contributed by atoms with Gasteiger partial charge in [-0.05, 0) is 37.5 Å². The summed E-state index contributed by atoms with van der Waals surface area (Å²) in [4.78, 5) is 0. The Kier molecular flexibility index (Phi) is 2.46. The average Bonchev–Trinajstić information content (AvgIpc) is 2.01. The Bertz CT molecular complexity index is 303. The van der Waals surface area contributed by atoms with E-state index in [-0.39, 0.29) is 5.56 Å². The fourth-order valence-electron chi connectivity index (χ4n) is 1.32. The zero-order valence-electron chi connectivity index (χ0n) is 7.54. The molecule has 0 radical (unpaired) electrons. The molecule has 0 bridgehead atoms. The van der Waals surface area contributed by atoms with Gasteiger partial charge in [-0.1, -0.05) is 6.92 Å². The lowest BCUT2D eigenvalue weighted by atomic mass is 10.0. The highest BCUT2D eigenvalue weighted by Gasteiger charge is 2.10. The monoisotopic (exact) mass is 170 g/mol. The van der Waals surface area contributed by atoms with Gasteiger partial charge in [-0.15, -0.1) is 0 Å². The lowest BCUT2D eigenvalue weighted by molar-refractivity contribution is 0.556. The topological polar surface area (TPSA) is 0 Å². The van der Waals surface area contributed by atoms with E-state index in [1.54, 1.807) is 6.92 Å². The third kappa shape index (κ3) is 1.33. The van der Waals surface area contributed by atoms with Crippen LogP contribution >= 0.6 is 0 Å².